The number of benzene rings is 2. The molecule has 0 bridgehead atoms. The first-order valence-corrected chi connectivity index (χ1v) is 6.78. The summed E-state index contributed by atoms with van der Waals surface area (Å²) < 4.78 is 13.4. The van der Waals surface area contributed by atoms with Gasteiger partial charge in [-0.25, -0.2) is 4.39 Å². The minimum atomic E-state index is -0.405. The molecule has 0 radical (unpaired) electrons. The molecule has 0 spiro atoms. The molecule has 1 aliphatic rings. The van der Waals surface area contributed by atoms with Gasteiger partial charge in [-0.05, 0) is 35.7 Å². The summed E-state index contributed by atoms with van der Waals surface area (Å²) in [6, 6.07) is 12.6. The number of hydrogen-bond acceptors (Lipinski definition) is 3. The molecule has 0 saturated heterocycles. The van der Waals surface area contributed by atoms with E-state index in [4.69, 9.17) is 10.9 Å². The summed E-state index contributed by atoms with van der Waals surface area (Å²) in [4.78, 5) is 2.12. The average Bonchev–Trinajstić information content (AvgIpc) is 2.53. The van der Waals surface area contributed by atoms with Gasteiger partial charge in [0.25, 0.3) is 0 Å². The zero-order valence-corrected chi connectivity index (χ0v) is 11.5. The van der Waals surface area contributed by atoms with Crippen LogP contribution >= 0.6 is 0 Å². The van der Waals surface area contributed by atoms with E-state index in [9.17, 15) is 4.39 Å². The lowest BCUT2D eigenvalue weighted by Crippen LogP contribution is -2.32. The van der Waals surface area contributed by atoms with Gasteiger partial charge >= 0.3 is 0 Å². The van der Waals surface area contributed by atoms with Gasteiger partial charge in [-0.3, -0.25) is 0 Å². The molecule has 0 saturated carbocycles. The zero-order valence-electron chi connectivity index (χ0n) is 11.5. The van der Waals surface area contributed by atoms with Crippen molar-refractivity contribution in [3.8, 4) is 0 Å². The van der Waals surface area contributed by atoms with Crippen LogP contribution in [0, 0.1) is 5.82 Å². The van der Waals surface area contributed by atoms with Gasteiger partial charge in [0, 0.05) is 24.3 Å². The number of hydrogen-bond donors (Lipinski definition) is 2. The minimum Gasteiger partial charge on any atom is -0.409 e. The molecule has 2 aromatic rings. The van der Waals surface area contributed by atoms with Gasteiger partial charge in [-0.2, -0.15) is 0 Å². The molecule has 1 heterocycles. The van der Waals surface area contributed by atoms with E-state index >= 15 is 0 Å². The van der Waals surface area contributed by atoms with E-state index in [1.165, 1.54) is 23.3 Å². The normalized spacial score (nSPS) is 14.9. The van der Waals surface area contributed by atoms with E-state index in [0.717, 1.165) is 25.2 Å². The van der Waals surface area contributed by atoms with Crippen LogP contribution in [-0.4, -0.2) is 17.6 Å². The predicted octanol–water partition coefficient (Wildman–Crippen LogP) is 2.48. The van der Waals surface area contributed by atoms with Crippen molar-refractivity contribution in [3.05, 3.63) is 65.0 Å². The Kier molecular flexibility index (Phi) is 3.48. The molecule has 0 amide bonds. The third-order valence-corrected chi connectivity index (χ3v) is 3.81. The van der Waals surface area contributed by atoms with Gasteiger partial charge in [0.2, 0.25) is 0 Å². The fraction of sp³-hybridized carbons (Fsp3) is 0.188. The molecule has 5 heteroatoms. The molecule has 108 valence electrons. The molecule has 0 atom stereocenters. The van der Waals surface area contributed by atoms with Crippen LogP contribution in [0.25, 0.3) is 0 Å². The number of amidine groups is 1. The SMILES string of the molecule is NC(=NO)c1cc(F)ccc1N1CCc2ccccc2C1. The van der Waals surface area contributed by atoms with Crippen LogP contribution in [0.1, 0.15) is 16.7 Å². The second-order valence-electron chi connectivity index (χ2n) is 5.09. The van der Waals surface area contributed by atoms with E-state index < -0.39 is 5.82 Å². The van der Waals surface area contributed by atoms with E-state index in [0.29, 0.717) is 5.56 Å². The Morgan fingerprint density at radius 1 is 1.19 bits per heavy atom. The predicted molar refractivity (Wildman–Crippen MR) is 80.1 cm³/mol. The Balaban J connectivity index is 1.99. The molecule has 2 aromatic carbocycles. The monoisotopic (exact) mass is 285 g/mol. The Bertz CT molecular complexity index is 700. The first-order valence-electron chi connectivity index (χ1n) is 6.78. The quantitative estimate of drug-likeness (QED) is 0.386. The highest BCUT2D eigenvalue weighted by Crippen LogP contribution is 2.27. The molecule has 4 nitrogen and oxygen atoms in total. The highest BCUT2D eigenvalue weighted by atomic mass is 19.1. The first kappa shape index (κ1) is 13.4. The van der Waals surface area contributed by atoms with Crippen LogP contribution in [0.3, 0.4) is 0 Å². The highest BCUT2D eigenvalue weighted by molar-refractivity contribution is 6.02. The van der Waals surface area contributed by atoms with Crippen LogP contribution in [0.2, 0.25) is 0 Å². The molecule has 3 N–H and O–H groups in total. The van der Waals surface area contributed by atoms with Crippen molar-refractivity contribution in [1.29, 1.82) is 0 Å². The molecule has 1 aliphatic heterocycles. The van der Waals surface area contributed by atoms with Crippen molar-refractivity contribution < 1.29 is 9.60 Å². The molecule has 0 aliphatic carbocycles. The van der Waals surface area contributed by atoms with Crippen LogP contribution < -0.4 is 10.6 Å². The van der Waals surface area contributed by atoms with Crippen molar-refractivity contribution in [2.45, 2.75) is 13.0 Å². The maximum Gasteiger partial charge on any atom is 0.172 e. The smallest absolute Gasteiger partial charge is 0.172 e. The fourth-order valence-electron chi connectivity index (χ4n) is 2.74. The number of oxime groups is 1. The second-order valence-corrected chi connectivity index (χ2v) is 5.09. The Labute approximate surface area is 122 Å². The van der Waals surface area contributed by atoms with Gasteiger partial charge in [0.15, 0.2) is 5.84 Å². The summed E-state index contributed by atoms with van der Waals surface area (Å²) in [7, 11) is 0. The third-order valence-electron chi connectivity index (χ3n) is 3.81. The molecule has 21 heavy (non-hydrogen) atoms. The minimum absolute atomic E-state index is 0.0802. The average molecular weight is 285 g/mol. The molecular weight excluding hydrogens is 269 g/mol. The second kappa shape index (κ2) is 5.44. The Hall–Kier alpha value is -2.56. The van der Waals surface area contributed by atoms with Crippen LogP contribution in [0.4, 0.5) is 10.1 Å². The van der Waals surface area contributed by atoms with Gasteiger partial charge in [-0.1, -0.05) is 29.4 Å². The lowest BCUT2D eigenvalue weighted by atomic mass is 9.98. The number of nitrogens with two attached hydrogens (primary N) is 1. The summed E-state index contributed by atoms with van der Waals surface area (Å²) >= 11 is 0. The van der Waals surface area contributed by atoms with Crippen molar-refractivity contribution in [1.82, 2.24) is 0 Å². The third kappa shape index (κ3) is 2.54. The molecule has 0 unspecified atom stereocenters. The number of halogens is 1. The van der Waals surface area contributed by atoms with Crippen molar-refractivity contribution in [3.63, 3.8) is 0 Å². The summed E-state index contributed by atoms with van der Waals surface area (Å²) in [5.41, 5.74) is 9.45. The van der Waals surface area contributed by atoms with Gasteiger partial charge in [0.05, 0.1) is 0 Å². The van der Waals surface area contributed by atoms with E-state index in [1.54, 1.807) is 6.07 Å². The van der Waals surface area contributed by atoms with Gasteiger partial charge in [0.1, 0.15) is 5.82 Å². The maximum absolute atomic E-state index is 13.4. The van der Waals surface area contributed by atoms with Crippen molar-refractivity contribution >= 4 is 11.5 Å². The topological polar surface area (TPSA) is 61.9 Å². The number of rotatable bonds is 2. The van der Waals surface area contributed by atoms with Crippen LogP contribution in [0.5, 0.6) is 0 Å². The lowest BCUT2D eigenvalue weighted by Gasteiger charge is -2.32. The van der Waals surface area contributed by atoms with Gasteiger partial charge < -0.3 is 15.8 Å². The van der Waals surface area contributed by atoms with Crippen LogP contribution in [-0.2, 0) is 13.0 Å². The maximum atomic E-state index is 13.4. The first-order chi connectivity index (χ1) is 10.2. The summed E-state index contributed by atoms with van der Waals surface area (Å²) in [5.74, 6) is -0.485. The molecule has 0 fully saturated rings. The highest BCUT2D eigenvalue weighted by Gasteiger charge is 2.20. The van der Waals surface area contributed by atoms with Crippen molar-refractivity contribution in [2.75, 3.05) is 11.4 Å². The van der Waals surface area contributed by atoms with E-state index in [1.807, 2.05) is 12.1 Å². The zero-order chi connectivity index (χ0) is 14.8. The number of nitrogens with zero attached hydrogens (tertiary/aromatic N) is 2. The Morgan fingerprint density at radius 3 is 2.71 bits per heavy atom. The molecule has 0 aromatic heterocycles. The van der Waals surface area contributed by atoms with Crippen molar-refractivity contribution in [2.24, 2.45) is 10.9 Å². The fourth-order valence-corrected chi connectivity index (χ4v) is 2.74. The van der Waals surface area contributed by atoms with Crippen LogP contribution in [0.15, 0.2) is 47.6 Å². The summed E-state index contributed by atoms with van der Waals surface area (Å²) in [6.07, 6.45) is 0.920. The standard InChI is InChI=1S/C16H16FN3O/c17-13-5-6-15(14(9-13)16(18)19-21)20-8-7-11-3-1-2-4-12(11)10-20/h1-6,9,21H,7-8,10H2,(H2,18,19). The largest absolute Gasteiger partial charge is 0.409 e. The lowest BCUT2D eigenvalue weighted by molar-refractivity contribution is 0.318. The number of fused-ring (bicyclic) bond motifs is 1. The van der Waals surface area contributed by atoms with E-state index in [-0.39, 0.29) is 5.84 Å². The summed E-state index contributed by atoms with van der Waals surface area (Å²) in [6.45, 7) is 1.54. The summed E-state index contributed by atoms with van der Waals surface area (Å²) in [5, 5.41) is 11.9. The van der Waals surface area contributed by atoms with E-state index in [2.05, 4.69) is 22.2 Å². The molecule has 3 rings (SSSR count). The molecular formula is C16H16FN3O. The number of anilines is 1. The Morgan fingerprint density at radius 2 is 1.95 bits per heavy atom. The van der Waals surface area contributed by atoms with Gasteiger partial charge in [-0.15, -0.1) is 0 Å².